The molecule has 0 aliphatic carbocycles. The van der Waals surface area contributed by atoms with Crippen LogP contribution in [0.1, 0.15) is 12.8 Å². The van der Waals surface area contributed by atoms with Gasteiger partial charge >= 0.3 is 0 Å². The van der Waals surface area contributed by atoms with Crippen molar-refractivity contribution in [3.63, 3.8) is 0 Å². The quantitative estimate of drug-likeness (QED) is 0.494. The molecule has 0 saturated heterocycles. The van der Waals surface area contributed by atoms with E-state index in [2.05, 4.69) is 4.99 Å². The van der Waals surface area contributed by atoms with Crippen molar-refractivity contribution in [3.8, 4) is 0 Å². The van der Waals surface area contributed by atoms with E-state index >= 15 is 0 Å². The minimum atomic E-state index is 0.295. The Bertz CT molecular complexity index is 90.5. The van der Waals surface area contributed by atoms with Gasteiger partial charge in [-0.2, -0.15) is 0 Å². The van der Waals surface area contributed by atoms with Crippen LogP contribution in [-0.4, -0.2) is 26.0 Å². The van der Waals surface area contributed by atoms with Gasteiger partial charge in [-0.1, -0.05) is 0 Å². The number of hydrogen-bond donors (Lipinski definition) is 0. The fourth-order valence-corrected chi connectivity index (χ4v) is 0.829. The summed E-state index contributed by atoms with van der Waals surface area (Å²) in [6, 6.07) is 0. The zero-order chi connectivity index (χ0) is 5.82. The second-order valence-corrected chi connectivity index (χ2v) is 1.97. The third-order valence-corrected chi connectivity index (χ3v) is 1.35. The van der Waals surface area contributed by atoms with Gasteiger partial charge in [0.1, 0.15) is 0 Å². The molecule has 1 aliphatic rings. The lowest BCUT2D eigenvalue weighted by Gasteiger charge is -2.12. The van der Waals surface area contributed by atoms with Crippen molar-refractivity contribution >= 4 is 6.21 Å². The van der Waals surface area contributed by atoms with Crippen LogP contribution in [0.25, 0.3) is 0 Å². The molecule has 2 nitrogen and oxygen atoms in total. The van der Waals surface area contributed by atoms with Crippen molar-refractivity contribution in [2.24, 2.45) is 4.99 Å². The summed E-state index contributed by atoms with van der Waals surface area (Å²) in [5, 5.41) is 0. The Morgan fingerprint density at radius 2 is 2.62 bits per heavy atom. The maximum absolute atomic E-state index is 5.04. The molecule has 0 aromatic heterocycles. The molecule has 1 aliphatic heterocycles. The van der Waals surface area contributed by atoms with Gasteiger partial charge in [0.05, 0.1) is 6.10 Å². The van der Waals surface area contributed by atoms with Crippen LogP contribution < -0.4 is 0 Å². The summed E-state index contributed by atoms with van der Waals surface area (Å²) in [5.74, 6) is 0. The van der Waals surface area contributed by atoms with Crippen molar-refractivity contribution in [1.29, 1.82) is 0 Å². The van der Waals surface area contributed by atoms with Gasteiger partial charge in [-0.25, -0.2) is 0 Å². The number of rotatable bonds is 1. The number of ether oxygens (including phenoxy) is 1. The second-order valence-electron chi connectivity index (χ2n) is 1.97. The normalized spacial score (nSPS) is 28.4. The number of aliphatic imine (C=N–C) groups is 1. The lowest BCUT2D eigenvalue weighted by Crippen LogP contribution is -2.16. The van der Waals surface area contributed by atoms with Gasteiger partial charge in [0.25, 0.3) is 0 Å². The average Bonchev–Trinajstić information content (AvgIpc) is 1.90. The molecular weight excluding hydrogens is 102 g/mol. The number of nitrogens with zero attached hydrogens (tertiary/aromatic N) is 1. The van der Waals surface area contributed by atoms with E-state index in [1.54, 1.807) is 7.11 Å². The SMILES string of the molecule is COC1C=NCCC1. The Labute approximate surface area is 49.6 Å². The average molecular weight is 113 g/mol. The van der Waals surface area contributed by atoms with Crippen molar-refractivity contribution < 1.29 is 4.74 Å². The summed E-state index contributed by atoms with van der Waals surface area (Å²) in [5.41, 5.74) is 0. The first-order valence-electron chi connectivity index (χ1n) is 2.96. The molecule has 8 heavy (non-hydrogen) atoms. The Morgan fingerprint density at radius 3 is 3.00 bits per heavy atom. The second kappa shape index (κ2) is 2.82. The van der Waals surface area contributed by atoms with E-state index in [1.807, 2.05) is 6.21 Å². The third-order valence-electron chi connectivity index (χ3n) is 1.35. The first-order valence-corrected chi connectivity index (χ1v) is 2.96. The van der Waals surface area contributed by atoms with Crippen LogP contribution in [0.5, 0.6) is 0 Å². The largest absolute Gasteiger partial charge is 0.376 e. The zero-order valence-corrected chi connectivity index (χ0v) is 5.13. The Kier molecular flexibility index (Phi) is 2.03. The summed E-state index contributed by atoms with van der Waals surface area (Å²) in [7, 11) is 1.72. The third kappa shape index (κ3) is 1.30. The highest BCUT2D eigenvalue weighted by Crippen LogP contribution is 2.03. The predicted octanol–water partition coefficient (Wildman–Crippen LogP) is 0.866. The molecule has 1 rings (SSSR count). The van der Waals surface area contributed by atoms with Crippen LogP contribution in [0.2, 0.25) is 0 Å². The molecule has 1 heterocycles. The van der Waals surface area contributed by atoms with Crippen LogP contribution in [0.4, 0.5) is 0 Å². The van der Waals surface area contributed by atoms with Crippen LogP contribution in [0.15, 0.2) is 4.99 Å². The minimum absolute atomic E-state index is 0.295. The maximum Gasteiger partial charge on any atom is 0.0918 e. The number of methoxy groups -OCH3 is 1. The Morgan fingerprint density at radius 1 is 1.75 bits per heavy atom. The van der Waals surface area contributed by atoms with Gasteiger partial charge < -0.3 is 4.74 Å². The summed E-state index contributed by atoms with van der Waals surface area (Å²) >= 11 is 0. The molecule has 2 heteroatoms. The van der Waals surface area contributed by atoms with E-state index in [-0.39, 0.29) is 0 Å². The summed E-state index contributed by atoms with van der Waals surface area (Å²) < 4.78 is 5.04. The molecule has 0 fully saturated rings. The molecule has 46 valence electrons. The van der Waals surface area contributed by atoms with E-state index < -0.39 is 0 Å². The molecule has 0 N–H and O–H groups in total. The Balaban J connectivity index is 2.32. The summed E-state index contributed by atoms with van der Waals surface area (Å²) in [6.45, 7) is 0.986. The van der Waals surface area contributed by atoms with Crippen LogP contribution in [0.3, 0.4) is 0 Å². The molecule has 1 atom stereocenters. The van der Waals surface area contributed by atoms with Gasteiger partial charge in [-0.15, -0.1) is 0 Å². The molecule has 0 amide bonds. The van der Waals surface area contributed by atoms with Gasteiger partial charge in [0, 0.05) is 19.9 Å². The van der Waals surface area contributed by atoms with Gasteiger partial charge in [-0.3, -0.25) is 4.99 Å². The molecule has 0 saturated carbocycles. The maximum atomic E-state index is 5.04. The standard InChI is InChI=1S/C6H11NO/c1-8-6-3-2-4-7-5-6/h5-6H,2-4H2,1H3. The first kappa shape index (κ1) is 5.76. The minimum Gasteiger partial charge on any atom is -0.376 e. The van der Waals surface area contributed by atoms with E-state index in [0.717, 1.165) is 13.0 Å². The van der Waals surface area contributed by atoms with E-state index in [4.69, 9.17) is 4.74 Å². The van der Waals surface area contributed by atoms with Crippen molar-refractivity contribution in [3.05, 3.63) is 0 Å². The molecule has 0 aromatic carbocycles. The smallest absolute Gasteiger partial charge is 0.0918 e. The van der Waals surface area contributed by atoms with E-state index in [1.165, 1.54) is 6.42 Å². The van der Waals surface area contributed by atoms with E-state index in [9.17, 15) is 0 Å². The van der Waals surface area contributed by atoms with Crippen molar-refractivity contribution in [2.75, 3.05) is 13.7 Å². The summed E-state index contributed by atoms with van der Waals surface area (Å²) in [6.07, 6.45) is 4.50. The van der Waals surface area contributed by atoms with E-state index in [0.29, 0.717) is 6.10 Å². The van der Waals surface area contributed by atoms with Gasteiger partial charge in [-0.05, 0) is 12.8 Å². The first-order chi connectivity index (χ1) is 3.93. The molecule has 0 bridgehead atoms. The Hall–Kier alpha value is -0.370. The van der Waals surface area contributed by atoms with Crippen LogP contribution in [-0.2, 0) is 4.74 Å². The van der Waals surface area contributed by atoms with Crippen molar-refractivity contribution in [1.82, 2.24) is 0 Å². The van der Waals surface area contributed by atoms with Crippen LogP contribution >= 0.6 is 0 Å². The fraction of sp³-hybridized carbons (Fsp3) is 0.833. The highest BCUT2D eigenvalue weighted by molar-refractivity contribution is 5.63. The lowest BCUT2D eigenvalue weighted by molar-refractivity contribution is 0.147. The molecule has 1 unspecified atom stereocenters. The van der Waals surface area contributed by atoms with Gasteiger partial charge in [0.2, 0.25) is 0 Å². The number of hydrogen-bond acceptors (Lipinski definition) is 2. The van der Waals surface area contributed by atoms with Crippen LogP contribution in [0, 0.1) is 0 Å². The topological polar surface area (TPSA) is 21.6 Å². The monoisotopic (exact) mass is 113 g/mol. The predicted molar refractivity (Wildman–Crippen MR) is 33.4 cm³/mol. The van der Waals surface area contributed by atoms with Gasteiger partial charge in [0.15, 0.2) is 0 Å². The molecule has 0 spiro atoms. The molecular formula is C6H11NO. The summed E-state index contributed by atoms with van der Waals surface area (Å²) in [4.78, 5) is 4.08. The fourth-order valence-electron chi connectivity index (χ4n) is 0.829. The zero-order valence-electron chi connectivity index (χ0n) is 5.13. The lowest BCUT2D eigenvalue weighted by atomic mass is 10.2. The highest BCUT2D eigenvalue weighted by atomic mass is 16.5. The highest BCUT2D eigenvalue weighted by Gasteiger charge is 2.05. The molecule has 0 radical (unpaired) electrons. The molecule has 0 aromatic rings. The van der Waals surface area contributed by atoms with Crippen molar-refractivity contribution in [2.45, 2.75) is 18.9 Å².